The van der Waals surface area contributed by atoms with Crippen LogP contribution in [-0.4, -0.2) is 18.1 Å². The van der Waals surface area contributed by atoms with Crippen LogP contribution < -0.4 is 5.30 Å². The fourth-order valence-corrected chi connectivity index (χ4v) is 3.60. The van der Waals surface area contributed by atoms with Gasteiger partial charge in [0.05, 0.1) is 6.61 Å². The molecule has 1 atom stereocenters. The predicted octanol–water partition coefficient (Wildman–Crippen LogP) is 4.33. The van der Waals surface area contributed by atoms with Gasteiger partial charge in [-0.3, -0.25) is 9.59 Å². The highest BCUT2D eigenvalue weighted by molar-refractivity contribution is 7.66. The molecule has 0 aliphatic rings. The van der Waals surface area contributed by atoms with Crippen LogP contribution in [0.4, 0.5) is 0 Å². The molecule has 0 bridgehead atoms. The highest BCUT2D eigenvalue weighted by Crippen LogP contribution is 2.25. The van der Waals surface area contributed by atoms with E-state index in [0.29, 0.717) is 6.61 Å². The lowest BCUT2D eigenvalue weighted by atomic mass is 10.0. The fraction of sp³-hybridized carbons (Fsp3) is 0.300. The average molecular weight is 344 g/mol. The first-order valence-electron chi connectivity index (χ1n) is 7.92. The molecule has 3 nitrogen and oxygen atoms in total. The van der Waals surface area contributed by atoms with E-state index in [4.69, 9.17) is 0 Å². The highest BCUT2D eigenvalue weighted by atomic mass is 31.1. The van der Waals surface area contributed by atoms with Crippen LogP contribution in [0.3, 0.4) is 0 Å². The van der Waals surface area contributed by atoms with E-state index in [1.54, 1.807) is 6.92 Å². The lowest BCUT2D eigenvalue weighted by Gasteiger charge is -2.10. The van der Waals surface area contributed by atoms with Gasteiger partial charge in [-0.1, -0.05) is 48.0 Å². The highest BCUT2D eigenvalue weighted by Gasteiger charge is 2.13. The van der Waals surface area contributed by atoms with Crippen molar-refractivity contribution in [1.29, 1.82) is 0 Å². The molecule has 0 radical (unpaired) electrons. The van der Waals surface area contributed by atoms with E-state index in [2.05, 4.69) is 23.8 Å². The Morgan fingerprint density at radius 1 is 1.00 bits per heavy atom. The summed E-state index contributed by atoms with van der Waals surface area (Å²) in [5.41, 5.74) is 4.51. The third kappa shape index (κ3) is 6.64. The summed E-state index contributed by atoms with van der Waals surface area (Å²) in [6.45, 7) is 9.75. The van der Waals surface area contributed by atoms with Crippen molar-refractivity contribution in [2.24, 2.45) is 0 Å². The maximum absolute atomic E-state index is 12.4. The molecule has 1 unspecified atom stereocenters. The molecule has 0 saturated heterocycles. The minimum Gasteiger partial charge on any atom is -0.466 e. The van der Waals surface area contributed by atoms with Crippen molar-refractivity contribution in [3.8, 4) is 0 Å². The molecule has 128 valence electrons. The van der Waals surface area contributed by atoms with Crippen molar-refractivity contribution >= 4 is 25.4 Å². The maximum Gasteiger partial charge on any atom is 0.302 e. The van der Waals surface area contributed by atoms with Crippen LogP contribution in [0, 0.1) is 20.8 Å². The number of aryl methyl sites for hydroxylation is 3. The smallest absolute Gasteiger partial charge is 0.302 e. The maximum atomic E-state index is 12.4. The molecule has 0 heterocycles. The number of carbonyl (C=O) groups is 2. The second-order valence-electron chi connectivity index (χ2n) is 5.52. The van der Waals surface area contributed by atoms with Gasteiger partial charge in [0.25, 0.3) is 0 Å². The first kappa shape index (κ1) is 20.1. The van der Waals surface area contributed by atoms with E-state index in [9.17, 15) is 9.59 Å². The molecule has 4 heteroatoms. The summed E-state index contributed by atoms with van der Waals surface area (Å²) < 4.78 is 4.40. The van der Waals surface area contributed by atoms with Crippen LogP contribution in [0.5, 0.6) is 0 Å². The molecule has 0 aliphatic heterocycles. The van der Waals surface area contributed by atoms with E-state index >= 15 is 0 Å². The summed E-state index contributed by atoms with van der Waals surface area (Å²) in [5.74, 6) is -0.211. The quantitative estimate of drug-likeness (QED) is 0.613. The minimum absolute atomic E-state index is 0.206. The zero-order valence-corrected chi connectivity index (χ0v) is 16.0. The Morgan fingerprint density at radius 2 is 1.54 bits per heavy atom. The largest absolute Gasteiger partial charge is 0.466 e. The second kappa shape index (κ2) is 10.00. The van der Waals surface area contributed by atoms with E-state index in [1.165, 1.54) is 12.5 Å². The summed E-state index contributed by atoms with van der Waals surface area (Å²) in [4.78, 5) is 22.2. The summed E-state index contributed by atoms with van der Waals surface area (Å²) in [6, 6.07) is 14.1. The lowest BCUT2D eigenvalue weighted by molar-refractivity contribution is -0.140. The van der Waals surface area contributed by atoms with Crippen LogP contribution in [0.25, 0.3) is 0 Å². The Bertz CT molecular complexity index is 670. The molecule has 0 N–H and O–H groups in total. The van der Waals surface area contributed by atoms with Gasteiger partial charge < -0.3 is 4.74 Å². The van der Waals surface area contributed by atoms with E-state index < -0.39 is 0 Å². The number of carbonyl (C=O) groups excluding carboxylic acids is 2. The van der Waals surface area contributed by atoms with Crippen LogP contribution in [-0.2, 0) is 9.53 Å². The Balaban J connectivity index is 0.000000413. The van der Waals surface area contributed by atoms with Gasteiger partial charge in [-0.2, -0.15) is 0 Å². The van der Waals surface area contributed by atoms with Crippen LogP contribution >= 0.6 is 8.58 Å². The predicted molar refractivity (Wildman–Crippen MR) is 102 cm³/mol. The zero-order valence-electron chi connectivity index (χ0n) is 15.0. The Morgan fingerprint density at radius 3 is 1.96 bits per heavy atom. The fourth-order valence-electron chi connectivity index (χ4n) is 2.46. The third-order valence-corrected chi connectivity index (χ3v) is 4.38. The minimum atomic E-state index is -0.211. The van der Waals surface area contributed by atoms with Crippen molar-refractivity contribution < 1.29 is 14.3 Å². The van der Waals surface area contributed by atoms with Gasteiger partial charge in [-0.25, -0.2) is 0 Å². The van der Waals surface area contributed by atoms with Gasteiger partial charge in [0.15, 0.2) is 5.52 Å². The van der Waals surface area contributed by atoms with Crippen molar-refractivity contribution in [2.45, 2.75) is 34.6 Å². The normalized spacial score (nSPS) is 10.2. The van der Waals surface area contributed by atoms with Gasteiger partial charge in [0.1, 0.15) is 0 Å². The van der Waals surface area contributed by atoms with Crippen LogP contribution in [0.2, 0.25) is 0 Å². The van der Waals surface area contributed by atoms with E-state index in [1.807, 2.05) is 44.2 Å². The van der Waals surface area contributed by atoms with Crippen molar-refractivity contribution in [3.63, 3.8) is 0 Å². The summed E-state index contributed by atoms with van der Waals surface area (Å²) >= 11 is 0. The van der Waals surface area contributed by atoms with Gasteiger partial charge >= 0.3 is 5.97 Å². The molecule has 0 aromatic heterocycles. The standard InChI is InChI=1S/C16H17OP.C4H8O2/c1-11-9-12(2)15(13(3)10-11)16(17)18-14-7-5-4-6-8-14;1-3-6-4(2)5/h4-10,18H,1-3H3;3H2,1-2H3. The van der Waals surface area contributed by atoms with E-state index in [0.717, 1.165) is 22.0 Å². The van der Waals surface area contributed by atoms with Gasteiger partial charge in [0, 0.05) is 12.5 Å². The van der Waals surface area contributed by atoms with Crippen molar-refractivity contribution in [3.05, 3.63) is 64.7 Å². The molecule has 0 fully saturated rings. The summed E-state index contributed by atoms with van der Waals surface area (Å²) in [7, 11) is 0.206. The second-order valence-corrected chi connectivity index (χ2v) is 6.80. The molecule has 0 spiro atoms. The monoisotopic (exact) mass is 344 g/mol. The first-order chi connectivity index (χ1) is 11.3. The van der Waals surface area contributed by atoms with E-state index in [-0.39, 0.29) is 20.1 Å². The number of ether oxygens (including phenoxy) is 1. The first-order valence-corrected chi connectivity index (χ1v) is 8.92. The zero-order chi connectivity index (χ0) is 18.1. The lowest BCUT2D eigenvalue weighted by Crippen LogP contribution is -2.04. The topological polar surface area (TPSA) is 43.4 Å². The van der Waals surface area contributed by atoms with Gasteiger partial charge in [-0.05, 0) is 52.7 Å². The Labute approximate surface area is 146 Å². The van der Waals surface area contributed by atoms with Gasteiger partial charge in [-0.15, -0.1) is 0 Å². The Hall–Kier alpha value is -1.99. The molecule has 0 amide bonds. The molecule has 24 heavy (non-hydrogen) atoms. The third-order valence-electron chi connectivity index (χ3n) is 3.28. The number of esters is 1. The summed E-state index contributed by atoms with van der Waals surface area (Å²) in [6.07, 6.45) is 0. The van der Waals surface area contributed by atoms with Crippen molar-refractivity contribution in [1.82, 2.24) is 0 Å². The summed E-state index contributed by atoms with van der Waals surface area (Å²) in [5, 5.41) is 1.10. The average Bonchev–Trinajstić information content (AvgIpc) is 2.47. The molecule has 0 saturated carbocycles. The van der Waals surface area contributed by atoms with Gasteiger partial charge in [0.2, 0.25) is 0 Å². The molecular weight excluding hydrogens is 319 g/mol. The number of rotatable bonds is 4. The molecule has 0 aliphatic carbocycles. The molecule has 2 aromatic carbocycles. The number of benzene rings is 2. The van der Waals surface area contributed by atoms with Crippen LogP contribution in [0.1, 0.15) is 40.9 Å². The number of hydrogen-bond acceptors (Lipinski definition) is 3. The Kier molecular flexibility index (Phi) is 8.35. The number of hydrogen-bond donors (Lipinski definition) is 0. The molecule has 2 aromatic rings. The van der Waals surface area contributed by atoms with Crippen LogP contribution in [0.15, 0.2) is 42.5 Å². The SMILES string of the molecule is CCOC(C)=O.Cc1cc(C)c(C(=O)Pc2ccccc2)c(C)c1. The molecular formula is C20H25O3P. The van der Waals surface area contributed by atoms with Crippen molar-refractivity contribution in [2.75, 3.05) is 6.61 Å². The molecule has 2 rings (SSSR count).